The number of amides is 1. The summed E-state index contributed by atoms with van der Waals surface area (Å²) in [6, 6.07) is 5.63. The molecule has 0 spiro atoms. The molecule has 0 N–H and O–H groups in total. The average molecular weight is 424 g/mol. The molecule has 2 aliphatic rings. The molecule has 0 unspecified atom stereocenters. The molecule has 1 aliphatic heterocycles. The highest BCUT2D eigenvalue weighted by Crippen LogP contribution is 2.32. The van der Waals surface area contributed by atoms with E-state index in [9.17, 15) is 18.0 Å². The van der Waals surface area contributed by atoms with Gasteiger partial charge in [-0.1, -0.05) is 11.6 Å². The van der Waals surface area contributed by atoms with Gasteiger partial charge in [0, 0.05) is 52.0 Å². The second-order valence-electron chi connectivity index (χ2n) is 8.64. The molecule has 4 nitrogen and oxygen atoms in total. The van der Waals surface area contributed by atoms with E-state index >= 15 is 0 Å². The Morgan fingerprint density at radius 2 is 1.80 bits per heavy atom. The van der Waals surface area contributed by atoms with Crippen LogP contribution in [0.2, 0.25) is 0 Å². The lowest BCUT2D eigenvalue weighted by Gasteiger charge is -2.37. The van der Waals surface area contributed by atoms with Gasteiger partial charge in [0.15, 0.2) is 0 Å². The van der Waals surface area contributed by atoms with Gasteiger partial charge in [-0.3, -0.25) is 9.69 Å². The van der Waals surface area contributed by atoms with Crippen LogP contribution in [0, 0.1) is 5.92 Å². The van der Waals surface area contributed by atoms with Crippen LogP contribution in [0.5, 0.6) is 0 Å². The van der Waals surface area contributed by atoms with Gasteiger partial charge >= 0.3 is 6.18 Å². The van der Waals surface area contributed by atoms with Gasteiger partial charge in [-0.05, 0) is 62.8 Å². The van der Waals surface area contributed by atoms with Gasteiger partial charge in [0.25, 0.3) is 0 Å². The smallest absolute Gasteiger partial charge is 0.369 e. The zero-order valence-electron chi connectivity index (χ0n) is 17.9. The molecule has 0 radical (unpaired) electrons. The SMILES string of the molecule is CN(C)C(=O)C=C1CCC(CCN2CCN(c3cccc(C(F)(F)F)c3)CC2)CC1. The highest BCUT2D eigenvalue weighted by molar-refractivity contribution is 5.87. The molecule has 1 aromatic carbocycles. The maximum absolute atomic E-state index is 12.9. The van der Waals surface area contributed by atoms with E-state index < -0.39 is 11.7 Å². The lowest BCUT2D eigenvalue weighted by atomic mass is 9.83. The summed E-state index contributed by atoms with van der Waals surface area (Å²) < 4.78 is 38.8. The topological polar surface area (TPSA) is 26.8 Å². The molecule has 1 saturated carbocycles. The van der Waals surface area contributed by atoms with Crippen LogP contribution in [0.3, 0.4) is 0 Å². The fourth-order valence-corrected chi connectivity index (χ4v) is 4.26. The van der Waals surface area contributed by atoms with E-state index in [1.807, 2.05) is 4.90 Å². The van der Waals surface area contributed by atoms with Crippen molar-refractivity contribution < 1.29 is 18.0 Å². The fraction of sp³-hybridized carbons (Fsp3) is 0.609. The number of alkyl halides is 3. The molecule has 0 bridgehead atoms. The number of benzene rings is 1. The minimum atomic E-state index is -4.30. The van der Waals surface area contributed by atoms with Crippen LogP contribution >= 0.6 is 0 Å². The Balaban J connectivity index is 1.40. The van der Waals surface area contributed by atoms with Gasteiger partial charge in [-0.2, -0.15) is 13.2 Å². The molecular weight excluding hydrogens is 391 g/mol. The number of likely N-dealkylation sites (N-methyl/N-ethyl adjacent to an activating group) is 1. The van der Waals surface area contributed by atoms with Crippen LogP contribution in [0.1, 0.15) is 37.7 Å². The van der Waals surface area contributed by atoms with E-state index in [1.54, 1.807) is 31.1 Å². The van der Waals surface area contributed by atoms with Crippen LogP contribution in [0.15, 0.2) is 35.9 Å². The molecule has 3 rings (SSSR count). The second kappa shape index (κ2) is 9.86. The molecule has 0 atom stereocenters. The highest BCUT2D eigenvalue weighted by atomic mass is 19.4. The highest BCUT2D eigenvalue weighted by Gasteiger charge is 2.31. The largest absolute Gasteiger partial charge is 0.416 e. The Morgan fingerprint density at radius 1 is 1.13 bits per heavy atom. The third-order valence-electron chi connectivity index (χ3n) is 6.28. The van der Waals surface area contributed by atoms with E-state index in [4.69, 9.17) is 0 Å². The van der Waals surface area contributed by atoms with Crippen molar-refractivity contribution in [3.63, 3.8) is 0 Å². The van der Waals surface area contributed by atoms with Gasteiger partial charge < -0.3 is 9.80 Å². The lowest BCUT2D eigenvalue weighted by molar-refractivity contribution is -0.137. The van der Waals surface area contributed by atoms with Crippen LogP contribution in [0.25, 0.3) is 0 Å². The third kappa shape index (κ3) is 6.24. The third-order valence-corrected chi connectivity index (χ3v) is 6.28. The van der Waals surface area contributed by atoms with Crippen LogP contribution in [-0.4, -0.2) is 62.5 Å². The number of hydrogen-bond acceptors (Lipinski definition) is 3. The predicted octanol–water partition coefficient (Wildman–Crippen LogP) is 4.42. The van der Waals surface area contributed by atoms with Crippen LogP contribution in [-0.2, 0) is 11.0 Å². The summed E-state index contributed by atoms with van der Waals surface area (Å²) in [5.74, 6) is 0.764. The molecule has 7 heteroatoms. The fourth-order valence-electron chi connectivity index (χ4n) is 4.26. The zero-order chi connectivity index (χ0) is 21.7. The van der Waals surface area contributed by atoms with Crippen molar-refractivity contribution in [3.8, 4) is 0 Å². The standard InChI is InChI=1S/C23H32F3N3O/c1-27(2)22(30)16-19-8-6-18(7-9-19)10-11-28-12-14-29(15-13-28)21-5-3-4-20(17-21)23(24,25)26/h3-5,16-18H,6-15H2,1-2H3. The Morgan fingerprint density at radius 3 is 2.40 bits per heavy atom. The molecule has 1 aliphatic carbocycles. The van der Waals surface area contributed by atoms with Crippen molar-refractivity contribution in [2.45, 2.75) is 38.3 Å². The summed E-state index contributed by atoms with van der Waals surface area (Å²) in [5.41, 5.74) is 1.34. The number of anilines is 1. The number of rotatable bonds is 5. The maximum Gasteiger partial charge on any atom is 0.416 e. The number of halogens is 3. The molecule has 0 aromatic heterocycles. The van der Waals surface area contributed by atoms with Crippen molar-refractivity contribution in [3.05, 3.63) is 41.5 Å². The van der Waals surface area contributed by atoms with E-state index in [-0.39, 0.29) is 5.91 Å². The van der Waals surface area contributed by atoms with Crippen LogP contribution < -0.4 is 4.90 Å². The van der Waals surface area contributed by atoms with Gasteiger partial charge in [-0.25, -0.2) is 0 Å². The number of carbonyl (C=O) groups is 1. The summed E-state index contributed by atoms with van der Waals surface area (Å²) in [5, 5.41) is 0. The monoisotopic (exact) mass is 423 g/mol. The molecule has 1 amide bonds. The normalized spacial score (nSPS) is 20.9. The maximum atomic E-state index is 12.9. The molecular formula is C23H32F3N3O. The summed E-state index contributed by atoms with van der Waals surface area (Å²) in [4.78, 5) is 17.9. The first kappa shape index (κ1) is 22.7. The van der Waals surface area contributed by atoms with Crippen molar-refractivity contribution in [2.75, 3.05) is 51.7 Å². The number of hydrogen-bond donors (Lipinski definition) is 0. The average Bonchev–Trinajstić information content (AvgIpc) is 2.73. The van der Waals surface area contributed by atoms with E-state index in [1.165, 1.54) is 17.7 Å². The predicted molar refractivity (Wildman–Crippen MR) is 113 cm³/mol. The van der Waals surface area contributed by atoms with Gasteiger partial charge in [0.05, 0.1) is 5.56 Å². The first-order valence-corrected chi connectivity index (χ1v) is 10.8. The molecule has 2 fully saturated rings. The molecule has 30 heavy (non-hydrogen) atoms. The van der Waals surface area contributed by atoms with Crippen molar-refractivity contribution in [1.82, 2.24) is 9.80 Å². The van der Waals surface area contributed by atoms with E-state index in [0.29, 0.717) is 11.6 Å². The zero-order valence-corrected chi connectivity index (χ0v) is 17.9. The Kier molecular flexibility index (Phi) is 7.45. The summed E-state index contributed by atoms with van der Waals surface area (Å²) >= 11 is 0. The summed E-state index contributed by atoms with van der Waals surface area (Å²) in [7, 11) is 3.55. The Labute approximate surface area is 177 Å². The first-order chi connectivity index (χ1) is 14.2. The minimum absolute atomic E-state index is 0.0714. The van der Waals surface area contributed by atoms with Gasteiger partial charge in [-0.15, -0.1) is 0 Å². The number of nitrogens with zero attached hydrogens (tertiary/aromatic N) is 3. The number of piperazine rings is 1. The first-order valence-electron chi connectivity index (χ1n) is 10.8. The van der Waals surface area contributed by atoms with Crippen molar-refractivity contribution in [1.29, 1.82) is 0 Å². The number of allylic oxidation sites excluding steroid dienone is 1. The molecule has 1 aromatic rings. The Bertz CT molecular complexity index is 742. The van der Waals surface area contributed by atoms with E-state index in [0.717, 1.165) is 70.9 Å². The van der Waals surface area contributed by atoms with Gasteiger partial charge in [0.2, 0.25) is 5.91 Å². The van der Waals surface area contributed by atoms with Gasteiger partial charge in [0.1, 0.15) is 0 Å². The second-order valence-corrected chi connectivity index (χ2v) is 8.64. The van der Waals surface area contributed by atoms with Crippen molar-refractivity contribution >= 4 is 11.6 Å². The Hall–Kier alpha value is -2.02. The summed E-state index contributed by atoms with van der Waals surface area (Å²) in [6.45, 7) is 4.31. The van der Waals surface area contributed by atoms with Crippen LogP contribution in [0.4, 0.5) is 18.9 Å². The molecule has 1 saturated heterocycles. The minimum Gasteiger partial charge on any atom is -0.369 e. The molecule has 1 heterocycles. The number of carbonyl (C=O) groups excluding carboxylic acids is 1. The summed E-state index contributed by atoms with van der Waals surface area (Å²) in [6.07, 6.45) is 2.93. The quantitative estimate of drug-likeness (QED) is 0.656. The van der Waals surface area contributed by atoms with Crippen molar-refractivity contribution in [2.24, 2.45) is 5.92 Å². The van der Waals surface area contributed by atoms with E-state index in [2.05, 4.69) is 4.90 Å². The molecule has 166 valence electrons. The lowest BCUT2D eigenvalue weighted by Crippen LogP contribution is -2.47.